The monoisotopic (exact) mass is 271 g/mol. The zero-order chi connectivity index (χ0) is 13.4. The van der Waals surface area contributed by atoms with Gasteiger partial charge < -0.3 is 5.11 Å². The van der Waals surface area contributed by atoms with E-state index in [1.54, 1.807) is 11.3 Å². The Bertz CT molecular complexity index is 642. The van der Waals surface area contributed by atoms with E-state index in [2.05, 4.69) is 36.2 Å². The Hall–Kier alpha value is -1.45. The molecular weight excluding hydrogens is 254 g/mol. The van der Waals surface area contributed by atoms with Gasteiger partial charge in [-0.3, -0.25) is 0 Å². The van der Waals surface area contributed by atoms with Crippen molar-refractivity contribution in [1.29, 1.82) is 0 Å². The van der Waals surface area contributed by atoms with Gasteiger partial charge in [0.2, 0.25) is 0 Å². The second-order valence-electron chi connectivity index (χ2n) is 4.93. The lowest BCUT2D eigenvalue weighted by Crippen LogP contribution is -2.03. The maximum atomic E-state index is 10.5. The Kier molecular flexibility index (Phi) is 3.25. The van der Waals surface area contributed by atoms with Gasteiger partial charge in [-0.1, -0.05) is 37.6 Å². The molecule has 1 heterocycles. The van der Waals surface area contributed by atoms with E-state index in [-0.39, 0.29) is 0 Å². The van der Waals surface area contributed by atoms with E-state index in [9.17, 15) is 5.11 Å². The Labute approximate surface area is 117 Å². The lowest BCUT2D eigenvalue weighted by molar-refractivity contribution is 0.215. The van der Waals surface area contributed by atoms with Crippen LogP contribution in [0.4, 0.5) is 0 Å². The van der Waals surface area contributed by atoms with E-state index in [4.69, 9.17) is 0 Å². The van der Waals surface area contributed by atoms with Gasteiger partial charge in [-0.05, 0) is 36.1 Å². The number of aryl methyl sites for hydroxylation is 2. The van der Waals surface area contributed by atoms with E-state index in [0.29, 0.717) is 0 Å². The summed E-state index contributed by atoms with van der Waals surface area (Å²) in [6.07, 6.45) is 5.78. The zero-order valence-corrected chi connectivity index (χ0v) is 12.0. The average molecular weight is 271 g/mol. The van der Waals surface area contributed by atoms with Crippen LogP contribution in [0.1, 0.15) is 51.7 Å². The number of hydrogen-bond acceptors (Lipinski definition) is 3. The molecule has 0 bridgehead atoms. The Morgan fingerprint density at radius 2 is 2.16 bits per heavy atom. The highest BCUT2D eigenvalue weighted by Gasteiger charge is 2.22. The fraction of sp³-hybridized carbons (Fsp3) is 0.312. The van der Waals surface area contributed by atoms with E-state index in [1.807, 2.05) is 13.0 Å². The van der Waals surface area contributed by atoms with Gasteiger partial charge in [-0.15, -0.1) is 11.3 Å². The molecule has 1 aromatic carbocycles. The third-order valence-electron chi connectivity index (χ3n) is 3.45. The standard InChI is InChI=1S/C16H17NOS/c1-3-4-11-5-7-13-12(9-11)6-8-14-15(16(13)18)17-10(2)19-14/h5-9,16,18H,3-4H2,1-2H3. The first-order chi connectivity index (χ1) is 9.19. The molecule has 1 atom stereocenters. The number of aromatic nitrogens is 1. The number of rotatable bonds is 2. The highest BCUT2D eigenvalue weighted by Crippen LogP contribution is 2.35. The number of benzene rings is 1. The molecule has 3 heteroatoms. The third-order valence-corrected chi connectivity index (χ3v) is 4.40. The second-order valence-corrected chi connectivity index (χ2v) is 6.17. The number of thiazole rings is 1. The minimum Gasteiger partial charge on any atom is -0.382 e. The Morgan fingerprint density at radius 3 is 2.95 bits per heavy atom. The summed E-state index contributed by atoms with van der Waals surface area (Å²) in [6, 6.07) is 6.34. The topological polar surface area (TPSA) is 33.1 Å². The Balaban J connectivity index is 2.09. The van der Waals surface area contributed by atoms with Crippen molar-refractivity contribution in [2.75, 3.05) is 0 Å². The van der Waals surface area contributed by atoms with E-state index >= 15 is 0 Å². The molecule has 3 rings (SSSR count). The molecule has 98 valence electrons. The average Bonchev–Trinajstić information content (AvgIpc) is 2.72. The first-order valence-corrected chi connectivity index (χ1v) is 7.47. The van der Waals surface area contributed by atoms with Gasteiger partial charge in [0.05, 0.1) is 15.6 Å². The molecule has 1 aromatic heterocycles. The lowest BCUT2D eigenvalue weighted by Gasteiger charge is -2.12. The fourth-order valence-corrected chi connectivity index (χ4v) is 3.41. The van der Waals surface area contributed by atoms with Gasteiger partial charge in [0.15, 0.2) is 0 Å². The first kappa shape index (κ1) is 12.6. The van der Waals surface area contributed by atoms with Crippen molar-refractivity contribution in [3.63, 3.8) is 0 Å². The number of nitrogens with zero attached hydrogens (tertiary/aromatic N) is 1. The molecule has 1 aliphatic carbocycles. The number of aliphatic hydroxyl groups is 1. The molecule has 0 radical (unpaired) electrons. The summed E-state index contributed by atoms with van der Waals surface area (Å²) in [6.45, 7) is 4.16. The smallest absolute Gasteiger partial charge is 0.123 e. The molecule has 0 spiro atoms. The summed E-state index contributed by atoms with van der Waals surface area (Å²) >= 11 is 1.63. The minimum absolute atomic E-state index is 0.611. The van der Waals surface area contributed by atoms with Crippen LogP contribution in [-0.2, 0) is 6.42 Å². The molecule has 0 amide bonds. The highest BCUT2D eigenvalue weighted by molar-refractivity contribution is 7.12. The van der Waals surface area contributed by atoms with Crippen molar-refractivity contribution < 1.29 is 5.11 Å². The van der Waals surface area contributed by atoms with E-state index < -0.39 is 6.10 Å². The van der Waals surface area contributed by atoms with Crippen LogP contribution in [0.5, 0.6) is 0 Å². The Morgan fingerprint density at radius 1 is 1.32 bits per heavy atom. The van der Waals surface area contributed by atoms with Crippen molar-refractivity contribution >= 4 is 23.5 Å². The molecule has 0 saturated heterocycles. The second kappa shape index (κ2) is 4.91. The molecule has 1 unspecified atom stereocenters. The predicted octanol–water partition coefficient (Wildman–Crippen LogP) is 3.97. The number of aliphatic hydroxyl groups excluding tert-OH is 1. The summed E-state index contributed by atoms with van der Waals surface area (Å²) in [5.74, 6) is 0. The molecule has 19 heavy (non-hydrogen) atoms. The molecule has 1 N–H and O–H groups in total. The van der Waals surface area contributed by atoms with Crippen LogP contribution in [0.3, 0.4) is 0 Å². The molecule has 0 saturated carbocycles. The zero-order valence-electron chi connectivity index (χ0n) is 11.2. The minimum atomic E-state index is -0.611. The maximum absolute atomic E-state index is 10.5. The highest BCUT2D eigenvalue weighted by atomic mass is 32.1. The summed E-state index contributed by atoms with van der Waals surface area (Å²) in [4.78, 5) is 5.53. The van der Waals surface area contributed by atoms with Gasteiger partial charge in [-0.2, -0.15) is 0 Å². The van der Waals surface area contributed by atoms with Crippen LogP contribution in [0.25, 0.3) is 12.2 Å². The molecule has 2 nitrogen and oxygen atoms in total. The van der Waals surface area contributed by atoms with Crippen LogP contribution < -0.4 is 0 Å². The normalized spacial score (nSPS) is 16.9. The van der Waals surface area contributed by atoms with Gasteiger partial charge >= 0.3 is 0 Å². The van der Waals surface area contributed by atoms with Crippen LogP contribution >= 0.6 is 11.3 Å². The van der Waals surface area contributed by atoms with Crippen molar-refractivity contribution in [3.8, 4) is 0 Å². The van der Waals surface area contributed by atoms with Crippen molar-refractivity contribution in [2.24, 2.45) is 0 Å². The van der Waals surface area contributed by atoms with Crippen LogP contribution in [0, 0.1) is 6.92 Å². The van der Waals surface area contributed by atoms with E-state index in [0.717, 1.165) is 39.5 Å². The van der Waals surface area contributed by atoms with Gasteiger partial charge in [0.1, 0.15) is 6.10 Å². The molecular formula is C16H17NOS. The number of fused-ring (bicyclic) bond motifs is 2. The van der Waals surface area contributed by atoms with Gasteiger partial charge in [0.25, 0.3) is 0 Å². The summed E-state index contributed by atoms with van der Waals surface area (Å²) in [5.41, 5.74) is 4.19. The molecule has 0 aliphatic heterocycles. The predicted molar refractivity (Wildman–Crippen MR) is 80.3 cm³/mol. The van der Waals surface area contributed by atoms with Crippen LogP contribution in [-0.4, -0.2) is 10.1 Å². The summed E-state index contributed by atoms with van der Waals surface area (Å²) in [7, 11) is 0. The van der Waals surface area contributed by atoms with Crippen molar-refractivity contribution in [2.45, 2.75) is 32.8 Å². The third kappa shape index (κ3) is 2.24. The fourth-order valence-electron chi connectivity index (χ4n) is 2.55. The van der Waals surface area contributed by atoms with Crippen LogP contribution in [0.15, 0.2) is 18.2 Å². The number of hydrogen-bond donors (Lipinski definition) is 1. The van der Waals surface area contributed by atoms with Gasteiger partial charge in [0, 0.05) is 0 Å². The van der Waals surface area contributed by atoms with E-state index in [1.165, 1.54) is 5.56 Å². The molecule has 2 aromatic rings. The van der Waals surface area contributed by atoms with Gasteiger partial charge in [-0.25, -0.2) is 4.98 Å². The molecule has 0 fully saturated rings. The first-order valence-electron chi connectivity index (χ1n) is 6.65. The molecule has 1 aliphatic rings. The summed E-state index contributed by atoms with van der Waals surface area (Å²) < 4.78 is 0. The quantitative estimate of drug-likeness (QED) is 0.896. The SMILES string of the molecule is CCCc1ccc2c(c1)C=Cc1sc(C)nc1C2O. The van der Waals surface area contributed by atoms with Crippen LogP contribution in [0.2, 0.25) is 0 Å². The lowest BCUT2D eigenvalue weighted by atomic mass is 9.97. The maximum Gasteiger partial charge on any atom is 0.123 e. The van der Waals surface area contributed by atoms with Crippen molar-refractivity contribution in [3.05, 3.63) is 50.5 Å². The largest absolute Gasteiger partial charge is 0.382 e. The summed E-state index contributed by atoms with van der Waals surface area (Å²) in [5, 5.41) is 11.5. The van der Waals surface area contributed by atoms with Crippen molar-refractivity contribution in [1.82, 2.24) is 4.98 Å².